The number of fused-ring (bicyclic) bond motifs is 3. The number of carbonyl (C=O) groups excluding carboxylic acids is 1. The predicted molar refractivity (Wildman–Crippen MR) is 76.4 cm³/mol. The van der Waals surface area contributed by atoms with Crippen LogP contribution < -0.4 is 0 Å². The van der Waals surface area contributed by atoms with Gasteiger partial charge in [-0.25, -0.2) is 0 Å². The van der Waals surface area contributed by atoms with Gasteiger partial charge in [0.1, 0.15) is 12.0 Å². The van der Waals surface area contributed by atoms with Crippen LogP contribution in [-0.2, 0) is 0 Å². The molecular weight excluding hydrogens is 244 g/mol. The van der Waals surface area contributed by atoms with Gasteiger partial charge in [-0.1, -0.05) is 24.8 Å². The van der Waals surface area contributed by atoms with E-state index in [-0.39, 0.29) is 5.76 Å². The second-order valence-electron chi connectivity index (χ2n) is 4.10. The first kappa shape index (κ1) is 11.0. The van der Waals surface area contributed by atoms with Crippen LogP contribution in [0.15, 0.2) is 43.0 Å². The topological polar surface area (TPSA) is 37.3 Å². The Bertz CT molecular complexity index is 784. The molecule has 0 aliphatic rings. The van der Waals surface area contributed by atoms with Crippen molar-refractivity contribution in [3.8, 4) is 0 Å². The number of benzene rings is 2. The zero-order valence-electron chi connectivity index (χ0n) is 9.51. The van der Waals surface area contributed by atoms with E-state index in [9.17, 15) is 9.90 Å². The van der Waals surface area contributed by atoms with Crippen LogP contribution in [0.25, 0.3) is 25.9 Å². The second kappa shape index (κ2) is 3.96. The summed E-state index contributed by atoms with van der Waals surface area (Å²) in [4.78, 5) is 10.8. The molecule has 1 aromatic heterocycles. The molecular formula is C15H10O2S. The summed E-state index contributed by atoms with van der Waals surface area (Å²) in [6.45, 7) is 3.59. The van der Waals surface area contributed by atoms with Crippen LogP contribution >= 0.6 is 11.3 Å². The van der Waals surface area contributed by atoms with Crippen LogP contribution in [0.2, 0.25) is 0 Å². The first-order chi connectivity index (χ1) is 8.70. The average molecular weight is 254 g/mol. The van der Waals surface area contributed by atoms with Gasteiger partial charge in [0, 0.05) is 31.3 Å². The molecule has 3 rings (SSSR count). The summed E-state index contributed by atoms with van der Waals surface area (Å²) < 4.78 is 2.10. The van der Waals surface area contributed by atoms with E-state index in [0.29, 0.717) is 5.56 Å². The minimum Gasteiger partial charge on any atom is -0.508 e. The quantitative estimate of drug-likeness (QED) is 0.543. The Morgan fingerprint density at radius 3 is 2.78 bits per heavy atom. The van der Waals surface area contributed by atoms with E-state index >= 15 is 0 Å². The fourth-order valence-electron chi connectivity index (χ4n) is 2.12. The van der Waals surface area contributed by atoms with Gasteiger partial charge in [0.2, 0.25) is 0 Å². The van der Waals surface area contributed by atoms with Gasteiger partial charge in [0.05, 0.1) is 0 Å². The van der Waals surface area contributed by atoms with Gasteiger partial charge in [-0.05, 0) is 18.2 Å². The molecule has 0 radical (unpaired) electrons. The third kappa shape index (κ3) is 1.52. The van der Waals surface area contributed by atoms with Gasteiger partial charge in [-0.15, -0.1) is 11.3 Å². The molecule has 0 spiro atoms. The lowest BCUT2D eigenvalue weighted by molar-refractivity contribution is 0.112. The van der Waals surface area contributed by atoms with Crippen molar-refractivity contribution in [2.45, 2.75) is 0 Å². The third-order valence-corrected chi connectivity index (χ3v) is 4.19. The lowest BCUT2D eigenvalue weighted by atomic mass is 10.1. The highest BCUT2D eigenvalue weighted by atomic mass is 32.1. The molecule has 0 aliphatic carbocycles. The van der Waals surface area contributed by atoms with Crippen LogP contribution in [0, 0.1) is 0 Å². The number of aliphatic hydroxyl groups is 1. The Morgan fingerprint density at radius 1 is 1.22 bits per heavy atom. The van der Waals surface area contributed by atoms with Crippen molar-refractivity contribution >= 4 is 43.6 Å². The molecule has 1 heterocycles. The summed E-state index contributed by atoms with van der Waals surface area (Å²) in [6, 6.07) is 11.4. The van der Waals surface area contributed by atoms with Crippen LogP contribution in [0.3, 0.4) is 0 Å². The number of aliphatic hydroxyl groups excluding tert-OH is 1. The standard InChI is InChI=1S/C15H10O2S/c1-9(17)11-3-2-4-12-13-7-10(8-16)5-6-14(13)18-15(11)12/h2-8,17H,1H2. The monoisotopic (exact) mass is 254 g/mol. The van der Waals surface area contributed by atoms with Gasteiger partial charge >= 0.3 is 0 Å². The Balaban J connectivity index is 2.47. The Labute approximate surface area is 108 Å². The van der Waals surface area contributed by atoms with Crippen molar-refractivity contribution < 1.29 is 9.90 Å². The molecule has 0 aliphatic heterocycles. The maximum Gasteiger partial charge on any atom is 0.150 e. The summed E-state index contributed by atoms with van der Waals surface area (Å²) in [7, 11) is 0. The average Bonchev–Trinajstić information content (AvgIpc) is 2.75. The molecule has 0 bridgehead atoms. The summed E-state index contributed by atoms with van der Waals surface area (Å²) in [5.41, 5.74) is 1.41. The van der Waals surface area contributed by atoms with Gasteiger partial charge in [0.15, 0.2) is 0 Å². The molecule has 3 aromatic rings. The summed E-state index contributed by atoms with van der Waals surface area (Å²) in [5, 5.41) is 11.7. The zero-order valence-corrected chi connectivity index (χ0v) is 10.3. The lowest BCUT2D eigenvalue weighted by Crippen LogP contribution is -1.80. The van der Waals surface area contributed by atoms with Crippen molar-refractivity contribution in [1.29, 1.82) is 0 Å². The van der Waals surface area contributed by atoms with Gasteiger partial charge in [-0.3, -0.25) is 4.79 Å². The minimum atomic E-state index is 0.0720. The SMILES string of the molecule is C=C(O)c1cccc2c1sc1ccc(C=O)cc12. The highest BCUT2D eigenvalue weighted by Crippen LogP contribution is 2.37. The fourth-order valence-corrected chi connectivity index (χ4v) is 3.34. The Kier molecular flexibility index (Phi) is 2.42. The first-order valence-corrected chi connectivity index (χ1v) is 6.31. The number of rotatable bonds is 2. The normalized spacial score (nSPS) is 10.9. The molecule has 0 fully saturated rings. The number of carbonyl (C=O) groups is 1. The molecule has 88 valence electrons. The molecule has 0 atom stereocenters. The largest absolute Gasteiger partial charge is 0.508 e. The zero-order chi connectivity index (χ0) is 12.7. The fraction of sp³-hybridized carbons (Fsp3) is 0. The van der Waals surface area contributed by atoms with Crippen LogP contribution in [0.4, 0.5) is 0 Å². The third-order valence-electron chi connectivity index (χ3n) is 2.97. The van der Waals surface area contributed by atoms with Crippen molar-refractivity contribution in [2.24, 2.45) is 0 Å². The maximum atomic E-state index is 10.8. The molecule has 0 saturated carbocycles. The number of aldehydes is 1. The number of hydrogen-bond acceptors (Lipinski definition) is 3. The van der Waals surface area contributed by atoms with Crippen molar-refractivity contribution in [2.75, 3.05) is 0 Å². The van der Waals surface area contributed by atoms with E-state index in [1.165, 1.54) is 0 Å². The summed E-state index contributed by atoms with van der Waals surface area (Å²) in [5.74, 6) is 0.0720. The molecule has 18 heavy (non-hydrogen) atoms. The first-order valence-electron chi connectivity index (χ1n) is 5.49. The minimum absolute atomic E-state index is 0.0720. The number of thiophene rings is 1. The number of hydrogen-bond donors (Lipinski definition) is 1. The van der Waals surface area contributed by atoms with Crippen molar-refractivity contribution in [3.63, 3.8) is 0 Å². The van der Waals surface area contributed by atoms with Crippen molar-refractivity contribution in [1.82, 2.24) is 0 Å². The van der Waals surface area contributed by atoms with E-state index in [1.807, 2.05) is 30.3 Å². The molecule has 2 nitrogen and oxygen atoms in total. The maximum absolute atomic E-state index is 10.8. The lowest BCUT2D eigenvalue weighted by Gasteiger charge is -1.99. The molecule has 0 unspecified atom stereocenters. The Hall–Kier alpha value is -2.13. The van der Waals surface area contributed by atoms with Crippen LogP contribution in [0.1, 0.15) is 15.9 Å². The molecule has 1 N–H and O–H groups in total. The highest BCUT2D eigenvalue weighted by Gasteiger charge is 2.10. The predicted octanol–water partition coefficient (Wildman–Crippen LogP) is 4.40. The van der Waals surface area contributed by atoms with Gasteiger partial charge in [0.25, 0.3) is 0 Å². The van der Waals surface area contributed by atoms with E-state index in [2.05, 4.69) is 6.58 Å². The summed E-state index contributed by atoms with van der Waals surface area (Å²) in [6.07, 6.45) is 0.845. The van der Waals surface area contributed by atoms with E-state index in [1.54, 1.807) is 17.4 Å². The molecule has 3 heteroatoms. The summed E-state index contributed by atoms with van der Waals surface area (Å²) >= 11 is 1.60. The molecule has 0 amide bonds. The van der Waals surface area contributed by atoms with Gasteiger partial charge in [-0.2, -0.15) is 0 Å². The van der Waals surface area contributed by atoms with E-state index in [4.69, 9.17) is 0 Å². The van der Waals surface area contributed by atoms with Crippen LogP contribution in [0.5, 0.6) is 0 Å². The highest BCUT2D eigenvalue weighted by molar-refractivity contribution is 7.26. The van der Waals surface area contributed by atoms with E-state index < -0.39 is 0 Å². The molecule has 0 saturated heterocycles. The molecule has 2 aromatic carbocycles. The Morgan fingerprint density at radius 2 is 2.06 bits per heavy atom. The van der Waals surface area contributed by atoms with E-state index in [0.717, 1.165) is 32.0 Å². The smallest absolute Gasteiger partial charge is 0.150 e. The van der Waals surface area contributed by atoms with Crippen molar-refractivity contribution in [3.05, 3.63) is 54.1 Å². The van der Waals surface area contributed by atoms with Crippen LogP contribution in [-0.4, -0.2) is 11.4 Å². The second-order valence-corrected chi connectivity index (χ2v) is 5.16. The van der Waals surface area contributed by atoms with Gasteiger partial charge < -0.3 is 5.11 Å².